The Hall–Kier alpha value is -2.02. The van der Waals surface area contributed by atoms with Crippen molar-refractivity contribution in [2.24, 2.45) is 10.9 Å². The van der Waals surface area contributed by atoms with Gasteiger partial charge in [0.1, 0.15) is 10.8 Å². The van der Waals surface area contributed by atoms with Crippen LogP contribution < -0.4 is 10.6 Å². The Labute approximate surface area is 167 Å². The lowest BCUT2D eigenvalue weighted by Gasteiger charge is -2.26. The monoisotopic (exact) mass is 397 g/mol. The van der Waals surface area contributed by atoms with Gasteiger partial charge in [-0.2, -0.15) is 0 Å². The summed E-state index contributed by atoms with van der Waals surface area (Å²) in [6.45, 7) is 9.67. The van der Waals surface area contributed by atoms with Crippen LogP contribution in [0.25, 0.3) is 0 Å². The van der Waals surface area contributed by atoms with Crippen molar-refractivity contribution in [3.8, 4) is 0 Å². The lowest BCUT2D eigenvalue weighted by atomic mass is 10.1. The third-order valence-corrected chi connectivity index (χ3v) is 3.85. The van der Waals surface area contributed by atoms with E-state index < -0.39 is 5.60 Å². The normalized spacial score (nSPS) is 13.1. The number of hydrogen-bond acceptors (Lipinski definition) is 4. The van der Waals surface area contributed by atoms with E-state index in [0.29, 0.717) is 18.2 Å². The first kappa shape index (κ1) is 23.0. The second-order valence-electron chi connectivity index (χ2n) is 7.59. The minimum Gasteiger partial charge on any atom is -0.444 e. The molecule has 1 unspecified atom stereocenters. The molecule has 0 saturated heterocycles. The summed E-state index contributed by atoms with van der Waals surface area (Å²) in [5, 5.41) is 7.04. The molecule has 2 N–H and O–H groups in total. The van der Waals surface area contributed by atoms with E-state index in [1.54, 1.807) is 31.3 Å². The Morgan fingerprint density at radius 3 is 2.63 bits per heavy atom. The van der Waals surface area contributed by atoms with Crippen LogP contribution in [0.1, 0.15) is 33.3 Å². The second-order valence-corrected chi connectivity index (χ2v) is 7.97. The number of aliphatic imine (C=N–C) groups is 1. The average Bonchev–Trinajstić information content (AvgIpc) is 2.58. The summed E-state index contributed by atoms with van der Waals surface area (Å²) >= 11 is 5.79. The average molecular weight is 398 g/mol. The molecule has 0 aliphatic heterocycles. The molecular weight excluding hydrogens is 366 g/mol. The number of ether oxygens (including phenoxy) is 1. The lowest BCUT2D eigenvalue weighted by Crippen LogP contribution is -2.43. The van der Waals surface area contributed by atoms with Crippen molar-refractivity contribution in [1.29, 1.82) is 0 Å². The predicted octanol–water partition coefficient (Wildman–Crippen LogP) is 2.95. The number of amides is 1. The van der Waals surface area contributed by atoms with E-state index in [1.807, 2.05) is 26.8 Å². The fourth-order valence-corrected chi connectivity index (χ4v) is 2.43. The number of carbonyl (C=O) groups excluding carboxylic acids is 1. The molecular formula is C19H32ClN5O2. The number of halogens is 1. The van der Waals surface area contributed by atoms with Crippen molar-refractivity contribution in [3.63, 3.8) is 0 Å². The van der Waals surface area contributed by atoms with Gasteiger partial charge >= 0.3 is 6.09 Å². The maximum absolute atomic E-state index is 12.0. The number of nitrogens with zero attached hydrogens (tertiary/aromatic N) is 3. The highest BCUT2D eigenvalue weighted by atomic mass is 35.5. The highest BCUT2D eigenvalue weighted by molar-refractivity contribution is 6.29. The molecule has 1 aromatic heterocycles. The van der Waals surface area contributed by atoms with Gasteiger partial charge in [-0.15, -0.1) is 0 Å². The molecule has 0 aliphatic carbocycles. The van der Waals surface area contributed by atoms with Crippen molar-refractivity contribution in [2.45, 2.75) is 39.7 Å². The summed E-state index contributed by atoms with van der Waals surface area (Å²) in [5.41, 5.74) is 0.619. The van der Waals surface area contributed by atoms with E-state index in [0.717, 1.165) is 24.5 Å². The summed E-state index contributed by atoms with van der Waals surface area (Å²) in [6, 6.07) is 3.74. The Kier molecular flexibility index (Phi) is 9.35. The summed E-state index contributed by atoms with van der Waals surface area (Å²) in [6.07, 6.45) is 2.28. The number of nitrogens with one attached hydrogen (secondary N) is 2. The highest BCUT2D eigenvalue weighted by Gasteiger charge is 2.20. The lowest BCUT2D eigenvalue weighted by molar-refractivity contribution is 0.0278. The Morgan fingerprint density at radius 2 is 2.07 bits per heavy atom. The van der Waals surface area contributed by atoms with Gasteiger partial charge in [-0.3, -0.25) is 4.99 Å². The highest BCUT2D eigenvalue weighted by Crippen LogP contribution is 2.10. The smallest absolute Gasteiger partial charge is 0.410 e. The van der Waals surface area contributed by atoms with Crippen LogP contribution in [0.15, 0.2) is 23.3 Å². The molecule has 1 rings (SSSR count). The van der Waals surface area contributed by atoms with E-state index >= 15 is 0 Å². The van der Waals surface area contributed by atoms with E-state index in [2.05, 4.69) is 27.5 Å². The van der Waals surface area contributed by atoms with Crippen LogP contribution in [0.3, 0.4) is 0 Å². The summed E-state index contributed by atoms with van der Waals surface area (Å²) in [5.74, 6) is 0.963. The molecule has 1 heterocycles. The first-order valence-electron chi connectivity index (χ1n) is 9.09. The largest absolute Gasteiger partial charge is 0.444 e. The van der Waals surface area contributed by atoms with Crippen LogP contribution in [0.4, 0.5) is 4.79 Å². The molecule has 27 heavy (non-hydrogen) atoms. The third kappa shape index (κ3) is 10.0. The van der Waals surface area contributed by atoms with E-state index in [9.17, 15) is 4.79 Å². The van der Waals surface area contributed by atoms with Crippen molar-refractivity contribution in [2.75, 3.05) is 33.7 Å². The molecule has 0 spiro atoms. The van der Waals surface area contributed by atoms with Crippen LogP contribution in [0.5, 0.6) is 0 Å². The van der Waals surface area contributed by atoms with E-state index in [1.165, 1.54) is 0 Å². The number of aromatic nitrogens is 1. The predicted molar refractivity (Wildman–Crippen MR) is 110 cm³/mol. The molecule has 152 valence electrons. The first-order valence-corrected chi connectivity index (χ1v) is 9.47. The van der Waals surface area contributed by atoms with Gasteiger partial charge in [-0.1, -0.05) is 24.6 Å². The number of guanidine groups is 1. The van der Waals surface area contributed by atoms with Crippen LogP contribution in [-0.2, 0) is 11.2 Å². The standard InChI is InChI=1S/C19H32ClN5O2/c1-14(13-25(6)18(26)27-19(2,3)4)11-24-17(21-5)22-10-9-15-7-8-16(20)23-12-15/h7-8,12,14H,9-11,13H2,1-6H3,(H2,21,22,24). The molecule has 1 atom stereocenters. The summed E-state index contributed by atoms with van der Waals surface area (Å²) < 4.78 is 5.37. The maximum Gasteiger partial charge on any atom is 0.410 e. The van der Waals surface area contributed by atoms with Gasteiger partial charge in [-0.05, 0) is 44.7 Å². The fraction of sp³-hybridized carbons (Fsp3) is 0.632. The van der Waals surface area contributed by atoms with Crippen LogP contribution in [0, 0.1) is 5.92 Å². The van der Waals surface area contributed by atoms with Gasteiger partial charge in [0.2, 0.25) is 0 Å². The quantitative estimate of drug-likeness (QED) is 0.420. The van der Waals surface area contributed by atoms with Crippen molar-refractivity contribution >= 4 is 23.7 Å². The number of rotatable bonds is 7. The number of pyridine rings is 1. The topological polar surface area (TPSA) is 78.9 Å². The zero-order valence-electron chi connectivity index (χ0n) is 17.2. The summed E-state index contributed by atoms with van der Waals surface area (Å²) in [7, 11) is 3.48. The van der Waals surface area contributed by atoms with Crippen LogP contribution >= 0.6 is 11.6 Å². The molecule has 0 aliphatic rings. The molecule has 7 nitrogen and oxygen atoms in total. The maximum atomic E-state index is 12.0. The number of carbonyl (C=O) groups is 1. The van der Waals surface area contributed by atoms with Crippen molar-refractivity contribution < 1.29 is 9.53 Å². The Morgan fingerprint density at radius 1 is 1.37 bits per heavy atom. The molecule has 0 aromatic carbocycles. The molecule has 0 radical (unpaired) electrons. The summed E-state index contributed by atoms with van der Waals surface area (Å²) in [4.78, 5) is 21.9. The van der Waals surface area contributed by atoms with E-state index in [-0.39, 0.29) is 12.0 Å². The van der Waals surface area contributed by atoms with E-state index in [4.69, 9.17) is 16.3 Å². The van der Waals surface area contributed by atoms with Gasteiger partial charge in [0, 0.05) is 39.9 Å². The van der Waals surface area contributed by atoms with Gasteiger partial charge in [0.25, 0.3) is 0 Å². The molecule has 8 heteroatoms. The molecule has 1 amide bonds. The molecule has 1 aromatic rings. The van der Waals surface area contributed by atoms with Gasteiger partial charge in [-0.25, -0.2) is 9.78 Å². The SMILES string of the molecule is CN=C(NCCc1ccc(Cl)nc1)NCC(C)CN(C)C(=O)OC(C)(C)C. The fourth-order valence-electron chi connectivity index (χ4n) is 2.32. The third-order valence-electron chi connectivity index (χ3n) is 3.63. The minimum absolute atomic E-state index is 0.238. The second kappa shape index (κ2) is 11.0. The van der Waals surface area contributed by atoms with Crippen molar-refractivity contribution in [3.05, 3.63) is 29.0 Å². The van der Waals surface area contributed by atoms with Crippen LogP contribution in [-0.4, -0.2) is 61.3 Å². The number of hydrogen-bond donors (Lipinski definition) is 2. The molecule has 0 bridgehead atoms. The van der Waals surface area contributed by atoms with Crippen molar-refractivity contribution in [1.82, 2.24) is 20.5 Å². The zero-order valence-corrected chi connectivity index (χ0v) is 17.9. The first-order chi connectivity index (χ1) is 12.6. The molecule has 0 saturated carbocycles. The van der Waals surface area contributed by atoms with Crippen LogP contribution in [0.2, 0.25) is 5.15 Å². The van der Waals surface area contributed by atoms with Gasteiger partial charge < -0.3 is 20.3 Å². The van der Waals surface area contributed by atoms with Gasteiger partial charge in [0.15, 0.2) is 5.96 Å². The minimum atomic E-state index is -0.488. The van der Waals surface area contributed by atoms with Gasteiger partial charge in [0.05, 0.1) is 0 Å². The zero-order chi connectivity index (χ0) is 20.4. The Balaban J connectivity index is 2.32. The Bertz CT molecular complexity index is 614. The molecule has 0 fully saturated rings.